The van der Waals surface area contributed by atoms with Crippen LogP contribution < -0.4 is 0 Å². The standard InChI is InChI=1S/C28H50O8/c1-5-9-10-11-12-13-14-15-16-17-18-19-20-21-24(29)36-28(27(32)35-8-4,22-25(30)33-6-2)23-26(31)34-7-3/h5-23H2,1-4H3. The summed E-state index contributed by atoms with van der Waals surface area (Å²) in [6, 6.07) is 0. The molecule has 8 heteroatoms. The van der Waals surface area contributed by atoms with Gasteiger partial charge in [-0.05, 0) is 27.2 Å². The van der Waals surface area contributed by atoms with E-state index in [4.69, 9.17) is 18.9 Å². The third-order valence-corrected chi connectivity index (χ3v) is 5.91. The summed E-state index contributed by atoms with van der Waals surface area (Å²) in [6.45, 7) is 7.24. The molecule has 0 saturated carbocycles. The molecule has 0 bridgehead atoms. The third kappa shape index (κ3) is 16.5. The van der Waals surface area contributed by atoms with Crippen molar-refractivity contribution in [2.45, 2.75) is 136 Å². The first-order valence-corrected chi connectivity index (χ1v) is 14.0. The highest BCUT2D eigenvalue weighted by Crippen LogP contribution is 2.26. The topological polar surface area (TPSA) is 105 Å². The van der Waals surface area contributed by atoms with E-state index in [1.807, 2.05) is 0 Å². The second-order valence-electron chi connectivity index (χ2n) is 9.15. The van der Waals surface area contributed by atoms with Crippen molar-refractivity contribution < 1.29 is 38.1 Å². The van der Waals surface area contributed by atoms with Crippen LogP contribution in [0.3, 0.4) is 0 Å². The van der Waals surface area contributed by atoms with Crippen molar-refractivity contribution in [3.05, 3.63) is 0 Å². The molecule has 0 aromatic carbocycles. The molecule has 0 aromatic rings. The maximum absolute atomic E-state index is 12.8. The van der Waals surface area contributed by atoms with Crippen molar-refractivity contribution in [1.82, 2.24) is 0 Å². The Morgan fingerprint density at radius 2 is 0.889 bits per heavy atom. The van der Waals surface area contributed by atoms with E-state index < -0.39 is 42.3 Å². The second kappa shape index (κ2) is 22.1. The van der Waals surface area contributed by atoms with Crippen LogP contribution in [0.4, 0.5) is 0 Å². The molecule has 36 heavy (non-hydrogen) atoms. The molecule has 0 heterocycles. The van der Waals surface area contributed by atoms with Crippen LogP contribution in [0.2, 0.25) is 0 Å². The van der Waals surface area contributed by atoms with Crippen LogP contribution in [-0.4, -0.2) is 49.3 Å². The number of ether oxygens (including phenoxy) is 4. The second-order valence-corrected chi connectivity index (χ2v) is 9.15. The van der Waals surface area contributed by atoms with Crippen LogP contribution in [0.25, 0.3) is 0 Å². The highest BCUT2D eigenvalue weighted by molar-refractivity contribution is 5.92. The number of rotatable bonds is 23. The third-order valence-electron chi connectivity index (χ3n) is 5.91. The van der Waals surface area contributed by atoms with E-state index in [1.54, 1.807) is 20.8 Å². The summed E-state index contributed by atoms with van der Waals surface area (Å²) in [6.07, 6.45) is 14.2. The lowest BCUT2D eigenvalue weighted by atomic mass is 9.94. The van der Waals surface area contributed by atoms with E-state index in [2.05, 4.69) is 6.92 Å². The van der Waals surface area contributed by atoms with Gasteiger partial charge in [0.25, 0.3) is 0 Å². The minimum atomic E-state index is -2.10. The number of unbranched alkanes of at least 4 members (excludes halogenated alkanes) is 12. The maximum atomic E-state index is 12.8. The van der Waals surface area contributed by atoms with Gasteiger partial charge in [0.05, 0.1) is 32.7 Å². The monoisotopic (exact) mass is 514 g/mol. The predicted octanol–water partition coefficient (Wildman–Crippen LogP) is 6.22. The molecule has 0 unspecified atom stereocenters. The van der Waals surface area contributed by atoms with Gasteiger partial charge in [0.15, 0.2) is 0 Å². The van der Waals surface area contributed by atoms with Gasteiger partial charge >= 0.3 is 23.9 Å². The lowest BCUT2D eigenvalue weighted by molar-refractivity contribution is -0.191. The summed E-state index contributed by atoms with van der Waals surface area (Å²) in [5.74, 6) is -3.13. The lowest BCUT2D eigenvalue weighted by Crippen LogP contribution is -2.48. The molecule has 0 aliphatic heterocycles. The van der Waals surface area contributed by atoms with Gasteiger partial charge in [-0.1, -0.05) is 84.0 Å². The molecule has 0 aliphatic carbocycles. The number of carbonyl (C=O) groups excluding carboxylic acids is 4. The van der Waals surface area contributed by atoms with Gasteiger partial charge in [-0.25, -0.2) is 4.79 Å². The highest BCUT2D eigenvalue weighted by atomic mass is 16.6. The quantitative estimate of drug-likeness (QED) is 0.0899. The van der Waals surface area contributed by atoms with Gasteiger partial charge in [0, 0.05) is 6.42 Å². The molecule has 0 amide bonds. The molecule has 0 atom stereocenters. The SMILES string of the molecule is CCCCCCCCCCCCCCCC(=O)OC(CC(=O)OCC)(CC(=O)OCC)C(=O)OCC. The molecule has 0 N–H and O–H groups in total. The van der Waals surface area contributed by atoms with E-state index >= 15 is 0 Å². The molecule has 210 valence electrons. The zero-order chi connectivity index (χ0) is 27.1. The van der Waals surface area contributed by atoms with Gasteiger partial charge in [-0.2, -0.15) is 0 Å². The smallest absolute Gasteiger partial charge is 0.351 e. The Morgan fingerprint density at radius 3 is 1.28 bits per heavy atom. The van der Waals surface area contributed by atoms with Gasteiger partial charge in [-0.3, -0.25) is 14.4 Å². The first-order chi connectivity index (χ1) is 17.3. The number of hydrogen-bond acceptors (Lipinski definition) is 8. The van der Waals surface area contributed by atoms with E-state index in [1.165, 1.54) is 57.8 Å². The van der Waals surface area contributed by atoms with Crippen LogP contribution in [-0.2, 0) is 38.1 Å². The summed E-state index contributed by atoms with van der Waals surface area (Å²) in [7, 11) is 0. The Kier molecular flexibility index (Phi) is 20.8. The highest BCUT2D eigenvalue weighted by Gasteiger charge is 2.49. The first-order valence-electron chi connectivity index (χ1n) is 14.0. The molecule has 0 radical (unpaired) electrons. The van der Waals surface area contributed by atoms with Crippen molar-refractivity contribution >= 4 is 23.9 Å². The van der Waals surface area contributed by atoms with Crippen molar-refractivity contribution in [1.29, 1.82) is 0 Å². The minimum absolute atomic E-state index is 0.00262. The predicted molar refractivity (Wildman–Crippen MR) is 138 cm³/mol. The van der Waals surface area contributed by atoms with Crippen LogP contribution in [0, 0.1) is 0 Å². The Bertz CT molecular complexity index is 597. The largest absolute Gasteiger partial charge is 0.466 e. The van der Waals surface area contributed by atoms with Crippen molar-refractivity contribution in [3.8, 4) is 0 Å². The van der Waals surface area contributed by atoms with Gasteiger partial charge in [0.2, 0.25) is 5.60 Å². The number of carbonyl (C=O) groups is 4. The molecule has 8 nitrogen and oxygen atoms in total. The molecule has 0 saturated heterocycles. The Morgan fingerprint density at radius 1 is 0.500 bits per heavy atom. The lowest BCUT2D eigenvalue weighted by Gasteiger charge is -2.29. The molecular weight excluding hydrogens is 464 g/mol. The summed E-state index contributed by atoms with van der Waals surface area (Å²) in [5, 5.41) is 0. The van der Waals surface area contributed by atoms with Crippen molar-refractivity contribution in [2.24, 2.45) is 0 Å². The normalized spacial score (nSPS) is 11.1. The average molecular weight is 515 g/mol. The van der Waals surface area contributed by atoms with E-state index in [9.17, 15) is 19.2 Å². The maximum Gasteiger partial charge on any atom is 0.351 e. The number of hydrogen-bond donors (Lipinski definition) is 0. The van der Waals surface area contributed by atoms with E-state index in [-0.39, 0.29) is 26.2 Å². The minimum Gasteiger partial charge on any atom is -0.466 e. The van der Waals surface area contributed by atoms with Gasteiger partial charge < -0.3 is 18.9 Å². The fourth-order valence-corrected chi connectivity index (χ4v) is 4.03. The fourth-order valence-electron chi connectivity index (χ4n) is 4.03. The average Bonchev–Trinajstić information content (AvgIpc) is 2.82. The Hall–Kier alpha value is -2.12. The van der Waals surface area contributed by atoms with Crippen LogP contribution in [0.1, 0.15) is 130 Å². The number of esters is 4. The zero-order valence-electron chi connectivity index (χ0n) is 23.2. The van der Waals surface area contributed by atoms with Gasteiger partial charge in [0.1, 0.15) is 0 Å². The summed E-state index contributed by atoms with van der Waals surface area (Å²) >= 11 is 0. The first kappa shape index (κ1) is 33.9. The zero-order valence-corrected chi connectivity index (χ0v) is 23.2. The van der Waals surface area contributed by atoms with E-state index in [0.29, 0.717) is 6.42 Å². The van der Waals surface area contributed by atoms with Crippen LogP contribution in [0.5, 0.6) is 0 Å². The Balaban J connectivity index is 4.59. The molecule has 0 aromatic heterocycles. The molecular formula is C28H50O8. The van der Waals surface area contributed by atoms with Crippen molar-refractivity contribution in [2.75, 3.05) is 19.8 Å². The summed E-state index contributed by atoms with van der Waals surface area (Å²) < 4.78 is 20.4. The van der Waals surface area contributed by atoms with Crippen LogP contribution >= 0.6 is 0 Å². The van der Waals surface area contributed by atoms with Gasteiger partial charge in [-0.15, -0.1) is 0 Å². The Labute approximate surface area is 218 Å². The molecule has 0 spiro atoms. The fraction of sp³-hybridized carbons (Fsp3) is 0.857. The summed E-state index contributed by atoms with van der Waals surface area (Å²) in [5.41, 5.74) is -2.10. The van der Waals surface area contributed by atoms with Crippen molar-refractivity contribution in [3.63, 3.8) is 0 Å². The van der Waals surface area contributed by atoms with Crippen LogP contribution in [0.15, 0.2) is 0 Å². The molecule has 0 fully saturated rings. The molecule has 0 aliphatic rings. The summed E-state index contributed by atoms with van der Waals surface area (Å²) in [4.78, 5) is 49.8. The van der Waals surface area contributed by atoms with E-state index in [0.717, 1.165) is 19.3 Å². The molecule has 0 rings (SSSR count).